The lowest BCUT2D eigenvalue weighted by Crippen LogP contribution is -2.41. The van der Waals surface area contributed by atoms with Crippen molar-refractivity contribution >= 4 is 17.5 Å². The highest BCUT2D eigenvalue weighted by Crippen LogP contribution is 2.28. The van der Waals surface area contributed by atoms with Crippen LogP contribution < -0.4 is 5.32 Å². The Labute approximate surface area is 165 Å². The van der Waals surface area contributed by atoms with Gasteiger partial charge >= 0.3 is 0 Å². The van der Waals surface area contributed by atoms with Crippen LogP contribution in [0.4, 0.5) is 10.1 Å². The molecular formula is C23H27FN2O2. The number of piperidine rings is 1. The molecule has 1 atom stereocenters. The summed E-state index contributed by atoms with van der Waals surface area (Å²) in [5.41, 5.74) is 2.38. The number of nitrogens with one attached hydrogen (secondary N) is 1. The number of para-hydroxylation sites is 1. The molecule has 0 saturated carbocycles. The first-order valence-corrected chi connectivity index (χ1v) is 9.94. The Morgan fingerprint density at radius 1 is 1.14 bits per heavy atom. The lowest BCUT2D eigenvalue weighted by molar-refractivity contribution is -0.121. The van der Waals surface area contributed by atoms with Crippen LogP contribution in [-0.4, -0.2) is 29.8 Å². The summed E-state index contributed by atoms with van der Waals surface area (Å²) in [6, 6.07) is 13.7. The number of carbonyl (C=O) groups is 2. The Hall–Kier alpha value is -2.69. The summed E-state index contributed by atoms with van der Waals surface area (Å²) >= 11 is 0. The van der Waals surface area contributed by atoms with Crippen molar-refractivity contribution < 1.29 is 14.0 Å². The molecule has 1 N–H and O–H groups in total. The van der Waals surface area contributed by atoms with Crippen molar-refractivity contribution in [3.63, 3.8) is 0 Å². The smallest absolute Gasteiger partial charge is 0.253 e. The van der Waals surface area contributed by atoms with E-state index in [1.54, 1.807) is 11.0 Å². The highest BCUT2D eigenvalue weighted by Gasteiger charge is 2.28. The number of halogens is 1. The topological polar surface area (TPSA) is 49.4 Å². The number of anilines is 1. The second kappa shape index (κ2) is 9.00. The first-order chi connectivity index (χ1) is 13.5. The fourth-order valence-corrected chi connectivity index (χ4v) is 3.64. The lowest BCUT2D eigenvalue weighted by atomic mass is 9.93. The summed E-state index contributed by atoms with van der Waals surface area (Å²) in [7, 11) is 0. The van der Waals surface area contributed by atoms with Crippen molar-refractivity contribution in [2.24, 2.45) is 5.92 Å². The van der Waals surface area contributed by atoms with Gasteiger partial charge in [0.15, 0.2) is 0 Å². The van der Waals surface area contributed by atoms with E-state index in [2.05, 4.69) is 25.2 Å². The van der Waals surface area contributed by atoms with Gasteiger partial charge in [0.1, 0.15) is 5.82 Å². The van der Waals surface area contributed by atoms with E-state index in [1.165, 1.54) is 18.2 Å². The summed E-state index contributed by atoms with van der Waals surface area (Å²) in [6.07, 6.45) is 2.23. The van der Waals surface area contributed by atoms with Gasteiger partial charge in [-0.2, -0.15) is 0 Å². The van der Waals surface area contributed by atoms with Gasteiger partial charge < -0.3 is 10.2 Å². The van der Waals surface area contributed by atoms with E-state index in [1.807, 2.05) is 18.2 Å². The van der Waals surface area contributed by atoms with Gasteiger partial charge in [-0.25, -0.2) is 4.39 Å². The van der Waals surface area contributed by atoms with Gasteiger partial charge in [-0.1, -0.05) is 38.1 Å². The van der Waals surface area contributed by atoms with Crippen LogP contribution in [-0.2, 0) is 4.79 Å². The third-order valence-corrected chi connectivity index (χ3v) is 5.59. The monoisotopic (exact) mass is 382 g/mol. The minimum Gasteiger partial charge on any atom is -0.339 e. The van der Waals surface area contributed by atoms with Crippen LogP contribution in [0.2, 0.25) is 0 Å². The Kier molecular flexibility index (Phi) is 6.45. The average molecular weight is 382 g/mol. The number of benzene rings is 2. The Balaban J connectivity index is 1.59. The molecule has 1 aliphatic rings. The fourth-order valence-electron chi connectivity index (χ4n) is 3.64. The van der Waals surface area contributed by atoms with Crippen molar-refractivity contribution in [3.05, 3.63) is 65.5 Å². The zero-order valence-corrected chi connectivity index (χ0v) is 16.5. The SMILES string of the molecule is CCC(C)c1ccccc1NC(=O)C1CCN(C(=O)c2cccc(F)c2)CC1. The fraction of sp³-hybridized carbons (Fsp3) is 0.391. The highest BCUT2D eigenvalue weighted by atomic mass is 19.1. The Bertz CT molecular complexity index is 844. The molecule has 3 rings (SSSR count). The van der Waals surface area contributed by atoms with Gasteiger partial charge in [0, 0.05) is 30.3 Å². The van der Waals surface area contributed by atoms with Crippen LogP contribution in [0.15, 0.2) is 48.5 Å². The van der Waals surface area contributed by atoms with Crippen LogP contribution in [0.25, 0.3) is 0 Å². The van der Waals surface area contributed by atoms with Gasteiger partial charge in [-0.3, -0.25) is 9.59 Å². The number of nitrogens with zero attached hydrogens (tertiary/aromatic N) is 1. The van der Waals surface area contributed by atoms with E-state index in [4.69, 9.17) is 0 Å². The molecule has 1 fully saturated rings. The largest absolute Gasteiger partial charge is 0.339 e. The second-order valence-electron chi connectivity index (χ2n) is 7.46. The molecular weight excluding hydrogens is 355 g/mol. The summed E-state index contributed by atoms with van der Waals surface area (Å²) < 4.78 is 13.4. The summed E-state index contributed by atoms with van der Waals surface area (Å²) in [5, 5.41) is 3.09. The molecule has 2 aromatic carbocycles. The van der Waals surface area contributed by atoms with E-state index in [9.17, 15) is 14.0 Å². The molecule has 28 heavy (non-hydrogen) atoms. The minimum absolute atomic E-state index is 0.00797. The second-order valence-corrected chi connectivity index (χ2v) is 7.46. The van der Waals surface area contributed by atoms with Crippen LogP contribution >= 0.6 is 0 Å². The van der Waals surface area contributed by atoms with E-state index in [-0.39, 0.29) is 17.7 Å². The van der Waals surface area contributed by atoms with E-state index in [0.717, 1.165) is 17.7 Å². The van der Waals surface area contributed by atoms with E-state index < -0.39 is 5.82 Å². The predicted octanol–water partition coefficient (Wildman–Crippen LogP) is 4.83. The van der Waals surface area contributed by atoms with Gasteiger partial charge in [-0.05, 0) is 55.0 Å². The van der Waals surface area contributed by atoms with Crippen molar-refractivity contribution in [1.82, 2.24) is 4.90 Å². The average Bonchev–Trinajstić information content (AvgIpc) is 2.73. The minimum atomic E-state index is -0.417. The van der Waals surface area contributed by atoms with Crippen LogP contribution in [0.1, 0.15) is 54.9 Å². The number of hydrogen-bond acceptors (Lipinski definition) is 2. The zero-order valence-electron chi connectivity index (χ0n) is 16.5. The van der Waals surface area contributed by atoms with Gasteiger partial charge in [-0.15, -0.1) is 0 Å². The van der Waals surface area contributed by atoms with Gasteiger partial charge in [0.25, 0.3) is 5.91 Å². The van der Waals surface area contributed by atoms with Crippen LogP contribution in [0.3, 0.4) is 0 Å². The summed E-state index contributed by atoms with van der Waals surface area (Å²) in [4.78, 5) is 27.0. The molecule has 148 valence electrons. The molecule has 2 aromatic rings. The quantitative estimate of drug-likeness (QED) is 0.805. The lowest BCUT2D eigenvalue weighted by Gasteiger charge is -2.31. The third-order valence-electron chi connectivity index (χ3n) is 5.59. The van der Waals surface area contributed by atoms with E-state index >= 15 is 0 Å². The number of rotatable bonds is 5. The Morgan fingerprint density at radius 3 is 2.54 bits per heavy atom. The molecule has 4 nitrogen and oxygen atoms in total. The molecule has 0 bridgehead atoms. The van der Waals surface area contributed by atoms with Crippen molar-refractivity contribution in [1.29, 1.82) is 0 Å². The van der Waals surface area contributed by atoms with Crippen LogP contribution in [0, 0.1) is 11.7 Å². The zero-order chi connectivity index (χ0) is 20.1. The maximum absolute atomic E-state index is 13.4. The summed E-state index contributed by atoms with van der Waals surface area (Å²) in [5.74, 6) is -0.335. The van der Waals surface area contributed by atoms with Gasteiger partial charge in [0.2, 0.25) is 5.91 Å². The summed E-state index contributed by atoms with van der Waals surface area (Å²) in [6.45, 7) is 5.29. The molecule has 0 aliphatic carbocycles. The predicted molar refractivity (Wildman–Crippen MR) is 109 cm³/mol. The molecule has 0 radical (unpaired) electrons. The molecule has 1 saturated heterocycles. The van der Waals surface area contributed by atoms with Crippen molar-refractivity contribution in [2.75, 3.05) is 18.4 Å². The molecule has 1 aliphatic heterocycles. The number of amides is 2. The first-order valence-electron chi connectivity index (χ1n) is 9.94. The van der Waals surface area contributed by atoms with Crippen molar-refractivity contribution in [3.8, 4) is 0 Å². The van der Waals surface area contributed by atoms with Crippen molar-refractivity contribution in [2.45, 2.75) is 39.0 Å². The molecule has 2 amide bonds. The maximum atomic E-state index is 13.4. The molecule has 1 unspecified atom stereocenters. The number of hydrogen-bond donors (Lipinski definition) is 1. The van der Waals surface area contributed by atoms with Gasteiger partial charge in [0.05, 0.1) is 0 Å². The third kappa shape index (κ3) is 4.58. The molecule has 0 aromatic heterocycles. The molecule has 5 heteroatoms. The standard InChI is InChI=1S/C23H27FN2O2/c1-3-16(2)20-9-4-5-10-21(20)25-22(27)17-11-13-26(14-12-17)23(28)18-7-6-8-19(24)15-18/h4-10,15-17H,3,11-14H2,1-2H3,(H,25,27). The molecule has 0 spiro atoms. The maximum Gasteiger partial charge on any atom is 0.253 e. The highest BCUT2D eigenvalue weighted by molar-refractivity contribution is 5.95. The number of likely N-dealkylation sites (tertiary alicyclic amines) is 1. The molecule has 1 heterocycles. The van der Waals surface area contributed by atoms with E-state index in [0.29, 0.717) is 37.4 Å². The Morgan fingerprint density at radius 2 is 1.86 bits per heavy atom. The first kappa shape index (κ1) is 20.1. The normalized spacial score (nSPS) is 15.9. The van der Waals surface area contributed by atoms with Crippen LogP contribution in [0.5, 0.6) is 0 Å². The number of carbonyl (C=O) groups excluding carboxylic acids is 2.